The minimum atomic E-state index is 0.402. The smallest absolute Gasteiger partial charge is 0.0472 e. The summed E-state index contributed by atoms with van der Waals surface area (Å²) in [6.07, 6.45) is 8.06. The number of hydrogen-bond acceptors (Lipinski definition) is 3. The molecule has 0 unspecified atom stereocenters. The van der Waals surface area contributed by atoms with Crippen LogP contribution in [0.1, 0.15) is 52.4 Å². The van der Waals surface area contributed by atoms with Gasteiger partial charge < -0.3 is 4.74 Å². The fourth-order valence-corrected chi connectivity index (χ4v) is 4.10. The zero-order chi connectivity index (χ0) is 13.7. The molecule has 1 saturated carbocycles. The first-order valence-corrected chi connectivity index (χ1v) is 8.71. The van der Waals surface area contributed by atoms with Crippen LogP contribution in [0.3, 0.4) is 0 Å². The molecule has 3 heteroatoms. The number of nitrogens with zero attached hydrogens (tertiary/aromatic N) is 1. The highest BCUT2D eigenvalue weighted by atomic mass is 32.1. The molecule has 0 spiro atoms. The lowest BCUT2D eigenvalue weighted by atomic mass is 9.81. The highest BCUT2D eigenvalue weighted by molar-refractivity contribution is 7.80. The second-order valence-electron chi connectivity index (χ2n) is 7.03. The third-order valence-electron chi connectivity index (χ3n) is 4.87. The minimum absolute atomic E-state index is 0.402. The third kappa shape index (κ3) is 4.37. The monoisotopic (exact) mass is 285 g/mol. The molecular formula is C16H31NOS. The van der Waals surface area contributed by atoms with E-state index in [9.17, 15) is 0 Å². The summed E-state index contributed by atoms with van der Waals surface area (Å²) < 4.78 is 5.56. The van der Waals surface area contributed by atoms with E-state index in [1.165, 1.54) is 51.6 Å². The van der Waals surface area contributed by atoms with E-state index in [2.05, 4.69) is 31.4 Å². The largest absolute Gasteiger partial charge is 0.381 e. The summed E-state index contributed by atoms with van der Waals surface area (Å²) in [5, 5.41) is 0. The average molecular weight is 285 g/mol. The van der Waals surface area contributed by atoms with E-state index in [0.29, 0.717) is 5.41 Å². The van der Waals surface area contributed by atoms with E-state index < -0.39 is 0 Å². The molecule has 0 atom stereocenters. The maximum Gasteiger partial charge on any atom is 0.0472 e. The maximum absolute atomic E-state index is 5.56. The van der Waals surface area contributed by atoms with Crippen molar-refractivity contribution < 1.29 is 4.74 Å². The van der Waals surface area contributed by atoms with Gasteiger partial charge in [-0.1, -0.05) is 26.7 Å². The number of rotatable bonds is 6. The van der Waals surface area contributed by atoms with Gasteiger partial charge in [0.1, 0.15) is 0 Å². The van der Waals surface area contributed by atoms with Gasteiger partial charge in [-0.05, 0) is 42.8 Å². The lowest BCUT2D eigenvalue weighted by molar-refractivity contribution is -0.00199. The summed E-state index contributed by atoms with van der Waals surface area (Å²) in [6, 6.07) is 0.835. The fraction of sp³-hybridized carbons (Fsp3) is 1.00. The van der Waals surface area contributed by atoms with Gasteiger partial charge in [-0.3, -0.25) is 4.90 Å². The maximum atomic E-state index is 5.56. The van der Waals surface area contributed by atoms with Crippen LogP contribution < -0.4 is 0 Å². The van der Waals surface area contributed by atoms with Crippen LogP contribution in [0.25, 0.3) is 0 Å². The average Bonchev–Trinajstić information content (AvgIpc) is 2.92. The van der Waals surface area contributed by atoms with Crippen molar-refractivity contribution in [1.82, 2.24) is 4.90 Å². The van der Waals surface area contributed by atoms with E-state index in [0.717, 1.165) is 30.9 Å². The second-order valence-corrected chi connectivity index (χ2v) is 7.35. The van der Waals surface area contributed by atoms with Crippen LogP contribution in [0.2, 0.25) is 0 Å². The van der Waals surface area contributed by atoms with Crippen LogP contribution in [-0.2, 0) is 4.74 Å². The normalized spacial score (nSPS) is 24.5. The van der Waals surface area contributed by atoms with E-state index in [1.807, 2.05) is 0 Å². The Balaban J connectivity index is 2.00. The van der Waals surface area contributed by atoms with E-state index >= 15 is 0 Å². The Kier molecular flexibility index (Phi) is 6.04. The predicted molar refractivity (Wildman–Crippen MR) is 85.0 cm³/mol. The van der Waals surface area contributed by atoms with Crippen molar-refractivity contribution in [2.45, 2.75) is 58.4 Å². The highest BCUT2D eigenvalue weighted by Crippen LogP contribution is 2.35. The lowest BCUT2D eigenvalue weighted by Crippen LogP contribution is -2.47. The van der Waals surface area contributed by atoms with Gasteiger partial charge in [0.15, 0.2) is 0 Å². The summed E-state index contributed by atoms with van der Waals surface area (Å²) >= 11 is 4.67. The quantitative estimate of drug-likeness (QED) is 0.748. The molecule has 112 valence electrons. The molecule has 1 saturated heterocycles. The molecule has 2 nitrogen and oxygen atoms in total. The summed E-state index contributed by atoms with van der Waals surface area (Å²) in [5.41, 5.74) is 0.402. The third-order valence-corrected chi connectivity index (χ3v) is 5.54. The van der Waals surface area contributed by atoms with Gasteiger partial charge in [-0.15, -0.1) is 0 Å². The van der Waals surface area contributed by atoms with Crippen LogP contribution >= 0.6 is 12.6 Å². The van der Waals surface area contributed by atoms with Crippen molar-refractivity contribution in [2.75, 3.05) is 32.1 Å². The molecule has 0 radical (unpaired) electrons. The van der Waals surface area contributed by atoms with Crippen molar-refractivity contribution in [2.24, 2.45) is 11.3 Å². The van der Waals surface area contributed by atoms with Gasteiger partial charge in [0.05, 0.1) is 0 Å². The molecule has 0 aromatic heterocycles. The van der Waals surface area contributed by atoms with Gasteiger partial charge in [0.2, 0.25) is 0 Å². The molecule has 19 heavy (non-hydrogen) atoms. The summed E-state index contributed by atoms with van der Waals surface area (Å²) in [7, 11) is 0. The number of hydrogen-bond donors (Lipinski definition) is 1. The fourth-order valence-electron chi connectivity index (χ4n) is 3.68. The molecule has 2 fully saturated rings. The topological polar surface area (TPSA) is 12.5 Å². The standard InChI is InChI=1S/C16H31NOS/c1-14(2)11-17(15-5-3-4-6-15)12-16(13-19)7-9-18-10-8-16/h14-15,19H,3-13H2,1-2H3. The Morgan fingerprint density at radius 3 is 2.37 bits per heavy atom. The SMILES string of the molecule is CC(C)CN(CC1(CS)CCOCC1)C1CCCC1. The zero-order valence-electron chi connectivity index (χ0n) is 12.7. The Bertz CT molecular complexity index is 257. The minimum Gasteiger partial charge on any atom is -0.381 e. The van der Waals surface area contributed by atoms with Crippen molar-refractivity contribution >= 4 is 12.6 Å². The van der Waals surface area contributed by atoms with Crippen molar-refractivity contribution in [3.8, 4) is 0 Å². The first-order chi connectivity index (χ1) is 9.15. The first kappa shape index (κ1) is 15.7. The molecule has 1 heterocycles. The molecule has 0 amide bonds. The first-order valence-electron chi connectivity index (χ1n) is 8.08. The Hall–Kier alpha value is 0.270. The predicted octanol–water partition coefficient (Wildman–Crippen LogP) is 3.61. The van der Waals surface area contributed by atoms with E-state index in [4.69, 9.17) is 4.74 Å². The zero-order valence-corrected chi connectivity index (χ0v) is 13.6. The van der Waals surface area contributed by atoms with Gasteiger partial charge in [0, 0.05) is 32.3 Å². The summed E-state index contributed by atoms with van der Waals surface area (Å²) in [4.78, 5) is 2.79. The molecule has 0 bridgehead atoms. The van der Waals surface area contributed by atoms with Gasteiger partial charge in [0.25, 0.3) is 0 Å². The number of ether oxygens (including phenoxy) is 1. The lowest BCUT2D eigenvalue weighted by Gasteiger charge is -2.42. The van der Waals surface area contributed by atoms with E-state index in [1.54, 1.807) is 0 Å². The highest BCUT2D eigenvalue weighted by Gasteiger charge is 2.35. The van der Waals surface area contributed by atoms with E-state index in [-0.39, 0.29) is 0 Å². The number of thiol groups is 1. The molecule has 2 aliphatic rings. The molecule has 0 N–H and O–H groups in total. The molecule has 1 aliphatic heterocycles. The molecule has 0 aromatic carbocycles. The molecule has 0 aromatic rings. The Morgan fingerprint density at radius 1 is 1.21 bits per heavy atom. The van der Waals surface area contributed by atoms with Crippen LogP contribution in [0.5, 0.6) is 0 Å². The van der Waals surface area contributed by atoms with Crippen LogP contribution in [-0.4, -0.2) is 43.0 Å². The summed E-state index contributed by atoms with van der Waals surface area (Å²) in [5.74, 6) is 1.77. The van der Waals surface area contributed by atoms with Gasteiger partial charge in [-0.25, -0.2) is 0 Å². The molecule has 1 aliphatic carbocycles. The van der Waals surface area contributed by atoms with Crippen LogP contribution in [0.4, 0.5) is 0 Å². The van der Waals surface area contributed by atoms with Crippen molar-refractivity contribution in [3.05, 3.63) is 0 Å². The van der Waals surface area contributed by atoms with Crippen molar-refractivity contribution in [3.63, 3.8) is 0 Å². The second kappa shape index (κ2) is 7.33. The van der Waals surface area contributed by atoms with Gasteiger partial charge >= 0.3 is 0 Å². The molecule has 2 rings (SSSR count). The van der Waals surface area contributed by atoms with Crippen LogP contribution in [0.15, 0.2) is 0 Å². The Morgan fingerprint density at radius 2 is 1.84 bits per heavy atom. The summed E-state index contributed by atoms with van der Waals surface area (Å²) in [6.45, 7) is 9.05. The van der Waals surface area contributed by atoms with Crippen molar-refractivity contribution in [1.29, 1.82) is 0 Å². The van der Waals surface area contributed by atoms with Gasteiger partial charge in [-0.2, -0.15) is 12.6 Å². The molecular weight excluding hydrogens is 254 g/mol. The Labute approximate surface area is 124 Å². The van der Waals surface area contributed by atoms with Crippen LogP contribution in [0, 0.1) is 11.3 Å².